The number of rotatable bonds is 7. The minimum atomic E-state index is 0.0330. The van der Waals surface area contributed by atoms with Gasteiger partial charge in [0.05, 0.1) is 39.6 Å². The first kappa shape index (κ1) is 22.5. The molecule has 0 N–H and O–H groups in total. The highest BCUT2D eigenvalue weighted by molar-refractivity contribution is 6.14. The highest BCUT2D eigenvalue weighted by atomic mass is 16.5. The lowest BCUT2D eigenvalue weighted by atomic mass is 9.78. The number of ether oxygens (including phenoxy) is 4. The second kappa shape index (κ2) is 10.2. The topological polar surface area (TPSA) is 54.0 Å². The molecule has 1 fully saturated rings. The van der Waals surface area contributed by atoms with Gasteiger partial charge in [0, 0.05) is 11.1 Å². The average Bonchev–Trinajstić information content (AvgIpc) is 2.81. The molecule has 5 nitrogen and oxygen atoms in total. The van der Waals surface area contributed by atoms with Gasteiger partial charge in [0.1, 0.15) is 23.0 Å². The fourth-order valence-electron chi connectivity index (χ4n) is 4.02. The summed E-state index contributed by atoms with van der Waals surface area (Å²) in [7, 11) is 6.47. The van der Waals surface area contributed by atoms with E-state index in [1.54, 1.807) is 28.4 Å². The smallest absolute Gasteiger partial charge is 0.185 e. The lowest BCUT2D eigenvalue weighted by Gasteiger charge is -2.25. The van der Waals surface area contributed by atoms with Gasteiger partial charge in [0.25, 0.3) is 0 Å². The van der Waals surface area contributed by atoms with E-state index in [9.17, 15) is 4.79 Å². The molecular formula is C26H30O5. The number of benzene rings is 2. The molecule has 0 unspecified atom stereocenters. The van der Waals surface area contributed by atoms with Crippen molar-refractivity contribution in [2.45, 2.75) is 26.2 Å². The van der Waals surface area contributed by atoms with Crippen molar-refractivity contribution in [3.8, 4) is 23.0 Å². The van der Waals surface area contributed by atoms with E-state index in [0.717, 1.165) is 41.5 Å². The zero-order chi connectivity index (χ0) is 22.4. The van der Waals surface area contributed by atoms with Crippen LogP contribution in [0, 0.1) is 5.92 Å². The van der Waals surface area contributed by atoms with Crippen LogP contribution in [-0.4, -0.2) is 34.2 Å². The van der Waals surface area contributed by atoms with Crippen molar-refractivity contribution in [3.05, 3.63) is 58.7 Å². The molecule has 0 saturated heterocycles. The number of hydrogen-bond donors (Lipinski definition) is 0. The predicted octanol–water partition coefficient (Wildman–Crippen LogP) is 5.58. The number of methoxy groups -OCH3 is 4. The number of hydrogen-bond acceptors (Lipinski definition) is 5. The Morgan fingerprint density at radius 1 is 0.742 bits per heavy atom. The molecule has 164 valence electrons. The first-order chi connectivity index (χ1) is 15.1. The Morgan fingerprint density at radius 2 is 1.10 bits per heavy atom. The Hall–Kier alpha value is -3.21. The van der Waals surface area contributed by atoms with E-state index in [1.807, 2.05) is 48.6 Å². The standard InChI is InChI=1S/C26H30O5/c1-6-17-13-18(15-20-22(28-2)9-7-10-23(20)29-3)26(27)19(14-17)16-21-24(30-4)11-8-12-25(21)31-5/h7-12,15-17H,6,13-14H2,1-5H3/b18-15+,19-16+. The van der Waals surface area contributed by atoms with E-state index in [-0.39, 0.29) is 5.78 Å². The van der Waals surface area contributed by atoms with E-state index < -0.39 is 0 Å². The molecule has 2 aromatic rings. The third-order valence-corrected chi connectivity index (χ3v) is 5.75. The van der Waals surface area contributed by atoms with Gasteiger partial charge in [-0.25, -0.2) is 0 Å². The van der Waals surface area contributed by atoms with Gasteiger partial charge >= 0.3 is 0 Å². The van der Waals surface area contributed by atoms with Gasteiger partial charge < -0.3 is 18.9 Å². The summed E-state index contributed by atoms with van der Waals surface area (Å²) >= 11 is 0. The number of Topliss-reactive ketones (excluding diaryl/α,β-unsaturated/α-hetero) is 1. The Labute approximate surface area is 184 Å². The maximum Gasteiger partial charge on any atom is 0.185 e. The Balaban J connectivity index is 2.11. The molecule has 0 aliphatic heterocycles. The highest BCUT2D eigenvalue weighted by Crippen LogP contribution is 2.39. The van der Waals surface area contributed by atoms with Gasteiger partial charge in [-0.2, -0.15) is 0 Å². The first-order valence-corrected chi connectivity index (χ1v) is 10.4. The summed E-state index contributed by atoms with van der Waals surface area (Å²) in [6.45, 7) is 2.16. The third-order valence-electron chi connectivity index (χ3n) is 5.75. The van der Waals surface area contributed by atoms with E-state index in [4.69, 9.17) is 18.9 Å². The lowest BCUT2D eigenvalue weighted by molar-refractivity contribution is -0.113. The number of ketones is 1. The Bertz CT molecular complexity index is 881. The first-order valence-electron chi connectivity index (χ1n) is 10.4. The summed E-state index contributed by atoms with van der Waals surface area (Å²) in [6, 6.07) is 11.2. The number of carbonyl (C=O) groups is 1. The number of carbonyl (C=O) groups excluding carboxylic acids is 1. The van der Waals surface area contributed by atoms with Crippen LogP contribution in [-0.2, 0) is 4.79 Å². The molecule has 0 atom stereocenters. The van der Waals surface area contributed by atoms with Crippen molar-refractivity contribution in [3.63, 3.8) is 0 Å². The van der Waals surface area contributed by atoms with E-state index in [2.05, 4.69) is 6.92 Å². The second-order valence-corrected chi connectivity index (χ2v) is 7.50. The molecule has 2 aromatic carbocycles. The van der Waals surface area contributed by atoms with Crippen LogP contribution in [0.4, 0.5) is 0 Å². The van der Waals surface area contributed by atoms with Crippen molar-refractivity contribution in [2.75, 3.05) is 28.4 Å². The van der Waals surface area contributed by atoms with Gasteiger partial charge in [0.15, 0.2) is 5.78 Å². The summed E-state index contributed by atoms with van der Waals surface area (Å²) in [6.07, 6.45) is 6.24. The molecule has 1 aliphatic carbocycles. The summed E-state index contributed by atoms with van der Waals surface area (Å²) < 4.78 is 22.1. The van der Waals surface area contributed by atoms with Crippen molar-refractivity contribution >= 4 is 17.9 Å². The Morgan fingerprint density at radius 3 is 1.39 bits per heavy atom. The van der Waals surface area contributed by atoms with Crippen molar-refractivity contribution < 1.29 is 23.7 Å². The van der Waals surface area contributed by atoms with Crippen LogP contribution in [0.15, 0.2) is 47.5 Å². The highest BCUT2D eigenvalue weighted by Gasteiger charge is 2.28. The van der Waals surface area contributed by atoms with Crippen LogP contribution >= 0.6 is 0 Å². The summed E-state index contributed by atoms with van der Waals surface area (Å²) in [5.41, 5.74) is 3.06. The Kier molecular flexibility index (Phi) is 7.40. The molecule has 0 aromatic heterocycles. The van der Waals surface area contributed by atoms with Crippen molar-refractivity contribution in [2.24, 2.45) is 5.92 Å². The van der Waals surface area contributed by atoms with E-state index in [1.165, 1.54) is 0 Å². The average molecular weight is 423 g/mol. The molecule has 1 saturated carbocycles. The van der Waals surface area contributed by atoms with Gasteiger partial charge in [-0.05, 0) is 55.2 Å². The predicted molar refractivity (Wildman–Crippen MR) is 123 cm³/mol. The molecule has 31 heavy (non-hydrogen) atoms. The van der Waals surface area contributed by atoms with E-state index >= 15 is 0 Å². The van der Waals surface area contributed by atoms with Crippen molar-refractivity contribution in [1.29, 1.82) is 0 Å². The molecular weight excluding hydrogens is 392 g/mol. The molecule has 0 spiro atoms. The van der Waals surface area contributed by atoms with Crippen LogP contribution in [0.25, 0.3) is 12.2 Å². The molecule has 0 amide bonds. The normalized spacial score (nSPS) is 18.9. The minimum Gasteiger partial charge on any atom is -0.496 e. The molecule has 0 bridgehead atoms. The maximum atomic E-state index is 13.5. The van der Waals surface area contributed by atoms with Gasteiger partial charge in [0.2, 0.25) is 0 Å². The third kappa shape index (κ3) is 4.76. The zero-order valence-corrected chi connectivity index (χ0v) is 18.9. The van der Waals surface area contributed by atoms with Crippen LogP contribution in [0.3, 0.4) is 0 Å². The SMILES string of the molecule is CCC1C/C(=C\c2c(OC)cccc2OC)C(=O)/C(=C/c2c(OC)cccc2OC)C1. The summed E-state index contributed by atoms with van der Waals surface area (Å²) in [5, 5.41) is 0. The molecule has 3 rings (SSSR count). The quantitative estimate of drug-likeness (QED) is 0.546. The second-order valence-electron chi connectivity index (χ2n) is 7.50. The molecule has 1 aliphatic rings. The van der Waals surface area contributed by atoms with Crippen LogP contribution in [0.5, 0.6) is 23.0 Å². The largest absolute Gasteiger partial charge is 0.496 e. The maximum absolute atomic E-state index is 13.5. The van der Waals surface area contributed by atoms with Crippen LogP contribution < -0.4 is 18.9 Å². The lowest BCUT2D eigenvalue weighted by Crippen LogP contribution is -2.19. The van der Waals surface area contributed by atoms with Gasteiger partial charge in [-0.15, -0.1) is 0 Å². The fraction of sp³-hybridized carbons (Fsp3) is 0.346. The molecule has 0 heterocycles. The monoisotopic (exact) mass is 422 g/mol. The van der Waals surface area contributed by atoms with Gasteiger partial charge in [-0.3, -0.25) is 4.79 Å². The fourth-order valence-corrected chi connectivity index (χ4v) is 4.02. The summed E-state index contributed by atoms with van der Waals surface area (Å²) in [5.74, 6) is 3.11. The zero-order valence-electron chi connectivity index (χ0n) is 18.9. The van der Waals surface area contributed by atoms with Crippen LogP contribution in [0.2, 0.25) is 0 Å². The van der Waals surface area contributed by atoms with Crippen LogP contribution in [0.1, 0.15) is 37.3 Å². The molecule has 5 heteroatoms. The van der Waals surface area contributed by atoms with E-state index in [0.29, 0.717) is 28.9 Å². The number of allylic oxidation sites excluding steroid dienone is 2. The molecule has 0 radical (unpaired) electrons. The minimum absolute atomic E-state index is 0.0330. The summed E-state index contributed by atoms with van der Waals surface area (Å²) in [4.78, 5) is 13.5. The van der Waals surface area contributed by atoms with Crippen molar-refractivity contribution in [1.82, 2.24) is 0 Å². The van der Waals surface area contributed by atoms with Gasteiger partial charge in [-0.1, -0.05) is 25.5 Å².